The number of rotatable bonds is 6. The van der Waals surface area contributed by atoms with E-state index in [1.54, 1.807) is 42.5 Å². The van der Waals surface area contributed by atoms with E-state index in [9.17, 15) is 13.2 Å². The van der Waals surface area contributed by atoms with Crippen molar-refractivity contribution in [3.05, 3.63) is 99.8 Å². The topological polar surface area (TPSA) is 65.4 Å². The maximum atomic E-state index is 13.5. The molecule has 1 heterocycles. The molecule has 0 aliphatic rings. The second-order valence-electron chi connectivity index (χ2n) is 7.82. The lowest BCUT2D eigenvalue weighted by atomic mass is 10.1. The smallest absolute Gasteiger partial charge is 0.211 e. The fraction of sp³-hybridized carbons (Fsp3) is 0.192. The van der Waals surface area contributed by atoms with Gasteiger partial charge < -0.3 is 9.30 Å². The van der Waals surface area contributed by atoms with Gasteiger partial charge >= 0.3 is 0 Å². The molecular weight excluding hydrogens is 422 g/mol. The van der Waals surface area contributed by atoms with Crippen molar-refractivity contribution >= 4 is 20.7 Å². The molecule has 0 atom stereocenters. The minimum absolute atomic E-state index is 0.107. The number of pyridine rings is 1. The van der Waals surface area contributed by atoms with Gasteiger partial charge in [0.2, 0.25) is 15.3 Å². The number of benzene rings is 3. The third kappa shape index (κ3) is 4.06. The second kappa shape index (κ2) is 8.63. The van der Waals surface area contributed by atoms with Crippen molar-refractivity contribution in [1.82, 2.24) is 4.57 Å². The average Bonchev–Trinajstić information content (AvgIpc) is 2.81. The van der Waals surface area contributed by atoms with E-state index in [4.69, 9.17) is 4.74 Å². The van der Waals surface area contributed by atoms with Crippen LogP contribution in [0, 0.1) is 6.92 Å². The summed E-state index contributed by atoms with van der Waals surface area (Å²) in [6.45, 7) is 4.45. The third-order valence-electron chi connectivity index (χ3n) is 5.66. The first-order chi connectivity index (χ1) is 15.3. The van der Waals surface area contributed by atoms with Crippen LogP contribution in [0.15, 0.2) is 87.5 Å². The fourth-order valence-corrected chi connectivity index (χ4v) is 5.09. The van der Waals surface area contributed by atoms with Crippen molar-refractivity contribution in [3.8, 4) is 5.75 Å². The SMILES string of the molecule is CCc1ccc(S(=O)(=O)c2cn(Cc3ccc(C)cc3)c3ccc(OC)cc3c2=O)cc1. The molecule has 0 aliphatic heterocycles. The Morgan fingerprint density at radius 1 is 0.906 bits per heavy atom. The van der Waals surface area contributed by atoms with Crippen LogP contribution in [0.4, 0.5) is 0 Å². The van der Waals surface area contributed by atoms with Crippen molar-refractivity contribution in [2.75, 3.05) is 7.11 Å². The summed E-state index contributed by atoms with van der Waals surface area (Å²) in [7, 11) is -2.49. The highest BCUT2D eigenvalue weighted by Crippen LogP contribution is 2.25. The number of sulfone groups is 1. The van der Waals surface area contributed by atoms with Crippen LogP contribution in [0.3, 0.4) is 0 Å². The zero-order valence-corrected chi connectivity index (χ0v) is 19.1. The molecule has 0 unspecified atom stereocenters. The number of nitrogens with zero attached hydrogens (tertiary/aromatic N) is 1. The molecule has 164 valence electrons. The molecule has 0 radical (unpaired) electrons. The minimum Gasteiger partial charge on any atom is -0.497 e. The van der Waals surface area contributed by atoms with Gasteiger partial charge in [-0.1, -0.05) is 48.9 Å². The van der Waals surface area contributed by atoms with Crippen LogP contribution in [-0.2, 0) is 22.8 Å². The quantitative estimate of drug-likeness (QED) is 0.427. The molecular formula is C26H25NO4S. The van der Waals surface area contributed by atoms with Crippen LogP contribution in [0.25, 0.3) is 10.9 Å². The molecule has 0 N–H and O–H groups in total. The summed E-state index contributed by atoms with van der Waals surface area (Å²) < 4.78 is 34.0. The van der Waals surface area contributed by atoms with Gasteiger partial charge in [0, 0.05) is 12.7 Å². The van der Waals surface area contributed by atoms with Crippen LogP contribution >= 0.6 is 0 Å². The van der Waals surface area contributed by atoms with Gasteiger partial charge in [-0.25, -0.2) is 8.42 Å². The van der Waals surface area contributed by atoms with E-state index in [0.717, 1.165) is 23.1 Å². The predicted molar refractivity (Wildman–Crippen MR) is 126 cm³/mol. The molecule has 0 amide bonds. The summed E-state index contributed by atoms with van der Waals surface area (Å²) in [6.07, 6.45) is 2.26. The van der Waals surface area contributed by atoms with E-state index in [1.165, 1.54) is 13.3 Å². The summed E-state index contributed by atoms with van der Waals surface area (Å²) in [6, 6.07) is 19.9. The molecule has 4 aromatic rings. The zero-order valence-electron chi connectivity index (χ0n) is 18.3. The van der Waals surface area contributed by atoms with Gasteiger partial charge in [-0.2, -0.15) is 0 Å². The van der Waals surface area contributed by atoms with Crippen LogP contribution in [-0.4, -0.2) is 20.1 Å². The Kier molecular flexibility index (Phi) is 5.89. The van der Waals surface area contributed by atoms with Crippen LogP contribution < -0.4 is 10.2 Å². The zero-order chi connectivity index (χ0) is 22.9. The van der Waals surface area contributed by atoms with Gasteiger partial charge in [0.25, 0.3) is 0 Å². The van der Waals surface area contributed by atoms with Gasteiger partial charge in [-0.05, 0) is 54.8 Å². The van der Waals surface area contributed by atoms with Gasteiger partial charge in [0.15, 0.2) is 0 Å². The number of aromatic nitrogens is 1. The summed E-state index contributed by atoms with van der Waals surface area (Å²) in [5, 5.41) is 0.308. The summed E-state index contributed by atoms with van der Waals surface area (Å²) in [4.78, 5) is 13.2. The largest absolute Gasteiger partial charge is 0.497 e. The van der Waals surface area contributed by atoms with E-state index in [1.807, 2.05) is 42.7 Å². The van der Waals surface area contributed by atoms with Crippen LogP contribution in [0.5, 0.6) is 5.75 Å². The van der Waals surface area contributed by atoms with Crippen LogP contribution in [0.2, 0.25) is 0 Å². The predicted octanol–water partition coefficient (Wildman–Crippen LogP) is 4.76. The molecule has 3 aromatic carbocycles. The Balaban J connectivity index is 1.94. The Labute approximate surface area is 187 Å². The number of hydrogen-bond donors (Lipinski definition) is 0. The highest BCUT2D eigenvalue weighted by atomic mass is 32.2. The molecule has 5 nitrogen and oxygen atoms in total. The van der Waals surface area contributed by atoms with Gasteiger partial charge in [0.05, 0.1) is 22.9 Å². The summed E-state index contributed by atoms with van der Waals surface area (Å²) in [5.74, 6) is 0.498. The second-order valence-corrected chi connectivity index (χ2v) is 9.74. The molecule has 4 rings (SSSR count). The van der Waals surface area contributed by atoms with Crippen molar-refractivity contribution in [3.63, 3.8) is 0 Å². The molecule has 0 spiro atoms. The van der Waals surface area contributed by atoms with Crippen LogP contribution in [0.1, 0.15) is 23.6 Å². The molecule has 1 aromatic heterocycles. The molecule has 0 fully saturated rings. The van der Waals surface area contributed by atoms with Crippen molar-refractivity contribution in [2.45, 2.75) is 36.6 Å². The lowest BCUT2D eigenvalue weighted by molar-refractivity contribution is 0.415. The average molecular weight is 448 g/mol. The molecule has 0 saturated heterocycles. The number of hydrogen-bond acceptors (Lipinski definition) is 4. The molecule has 0 bridgehead atoms. The monoisotopic (exact) mass is 447 g/mol. The molecule has 32 heavy (non-hydrogen) atoms. The highest BCUT2D eigenvalue weighted by molar-refractivity contribution is 7.91. The maximum absolute atomic E-state index is 13.5. The van der Waals surface area contributed by atoms with E-state index >= 15 is 0 Å². The Hall–Kier alpha value is -3.38. The van der Waals surface area contributed by atoms with E-state index in [2.05, 4.69) is 0 Å². The van der Waals surface area contributed by atoms with Crippen molar-refractivity contribution in [2.24, 2.45) is 0 Å². The number of methoxy groups -OCH3 is 1. The molecule has 0 saturated carbocycles. The standard InChI is InChI=1S/C26H25NO4S/c1-4-19-9-12-22(13-10-19)32(29,30)25-17-27(16-20-7-5-18(2)6-8-20)24-14-11-21(31-3)15-23(24)26(25)28/h5-15,17H,4,16H2,1-3H3. The van der Waals surface area contributed by atoms with E-state index in [-0.39, 0.29) is 9.79 Å². The first-order valence-corrected chi connectivity index (χ1v) is 11.9. The number of fused-ring (bicyclic) bond motifs is 1. The van der Waals surface area contributed by atoms with Gasteiger partial charge in [-0.3, -0.25) is 4.79 Å². The number of ether oxygens (including phenoxy) is 1. The van der Waals surface area contributed by atoms with Crippen molar-refractivity contribution < 1.29 is 13.2 Å². The van der Waals surface area contributed by atoms with Gasteiger partial charge in [0.1, 0.15) is 10.6 Å². The first-order valence-electron chi connectivity index (χ1n) is 10.4. The summed E-state index contributed by atoms with van der Waals surface area (Å²) >= 11 is 0. The normalized spacial score (nSPS) is 11.6. The lowest BCUT2D eigenvalue weighted by Crippen LogP contribution is -2.19. The first kappa shape index (κ1) is 21.8. The number of aryl methyl sites for hydroxylation is 2. The lowest BCUT2D eigenvalue weighted by Gasteiger charge is -2.15. The fourth-order valence-electron chi connectivity index (χ4n) is 3.72. The van der Waals surface area contributed by atoms with E-state index in [0.29, 0.717) is 23.2 Å². The molecule has 6 heteroatoms. The van der Waals surface area contributed by atoms with E-state index < -0.39 is 15.3 Å². The van der Waals surface area contributed by atoms with Gasteiger partial charge in [-0.15, -0.1) is 0 Å². The Bertz CT molecular complexity index is 1430. The third-order valence-corrected chi connectivity index (χ3v) is 7.42. The Morgan fingerprint density at radius 3 is 2.19 bits per heavy atom. The highest BCUT2D eigenvalue weighted by Gasteiger charge is 2.24. The summed E-state index contributed by atoms with van der Waals surface area (Å²) in [5.41, 5.74) is 3.30. The molecule has 0 aliphatic carbocycles. The van der Waals surface area contributed by atoms with Crippen molar-refractivity contribution in [1.29, 1.82) is 0 Å². The Morgan fingerprint density at radius 2 is 1.56 bits per heavy atom. The maximum Gasteiger partial charge on any atom is 0.211 e. The minimum atomic E-state index is -4.00.